The Bertz CT molecular complexity index is 467. The van der Waals surface area contributed by atoms with Gasteiger partial charge in [-0.3, -0.25) is 4.79 Å². The fourth-order valence-corrected chi connectivity index (χ4v) is 2.86. The molecule has 2 rings (SSSR count). The molecule has 21 heavy (non-hydrogen) atoms. The first-order chi connectivity index (χ1) is 10.1. The molecule has 1 aliphatic rings. The van der Waals surface area contributed by atoms with E-state index in [1.54, 1.807) is 0 Å². The molecule has 116 valence electrons. The summed E-state index contributed by atoms with van der Waals surface area (Å²) in [5.74, 6) is -1.17. The summed E-state index contributed by atoms with van der Waals surface area (Å²) in [4.78, 5) is 11.7. The number of rotatable bonds is 6. The number of benzene rings is 1. The molecule has 1 saturated carbocycles. The van der Waals surface area contributed by atoms with Crippen molar-refractivity contribution < 1.29 is 18.7 Å². The van der Waals surface area contributed by atoms with Gasteiger partial charge in [0.2, 0.25) is 5.91 Å². The van der Waals surface area contributed by atoms with Crippen molar-refractivity contribution in [3.8, 4) is 0 Å². The van der Waals surface area contributed by atoms with Gasteiger partial charge in [-0.15, -0.1) is 0 Å². The average molecular weight is 297 g/mol. The highest BCUT2D eigenvalue weighted by molar-refractivity contribution is 5.75. The fourth-order valence-electron chi connectivity index (χ4n) is 2.86. The first kappa shape index (κ1) is 15.9. The van der Waals surface area contributed by atoms with Gasteiger partial charge in [0.25, 0.3) is 0 Å². The molecule has 0 saturated heterocycles. The molecule has 0 bridgehead atoms. The van der Waals surface area contributed by atoms with Gasteiger partial charge in [0.1, 0.15) is 17.7 Å². The van der Waals surface area contributed by atoms with Crippen LogP contribution in [0.2, 0.25) is 0 Å². The predicted octanol–water partition coefficient (Wildman–Crippen LogP) is 3.08. The fraction of sp³-hybridized carbons (Fsp3) is 0.562. The SMILES string of the molecule is O=C(CCC1CCCC1)NCC(O)c1c(F)cccc1F. The molecular formula is C16H21F2NO2. The molecule has 1 aliphatic carbocycles. The third-order valence-electron chi connectivity index (χ3n) is 4.08. The minimum absolute atomic E-state index is 0.179. The summed E-state index contributed by atoms with van der Waals surface area (Å²) in [6.45, 7) is -0.179. The summed E-state index contributed by atoms with van der Waals surface area (Å²) in [6, 6.07) is 3.41. The second kappa shape index (κ2) is 7.50. The number of aliphatic hydroxyl groups excluding tert-OH is 1. The molecule has 0 aliphatic heterocycles. The molecular weight excluding hydrogens is 276 g/mol. The van der Waals surface area contributed by atoms with Crippen LogP contribution in [0, 0.1) is 17.6 Å². The molecule has 0 heterocycles. The normalized spacial score (nSPS) is 16.9. The zero-order valence-electron chi connectivity index (χ0n) is 11.9. The Kier molecular flexibility index (Phi) is 5.67. The van der Waals surface area contributed by atoms with E-state index < -0.39 is 23.3 Å². The molecule has 0 spiro atoms. The van der Waals surface area contributed by atoms with Gasteiger partial charge in [0, 0.05) is 13.0 Å². The maximum absolute atomic E-state index is 13.5. The molecule has 1 fully saturated rings. The van der Waals surface area contributed by atoms with Crippen molar-refractivity contribution in [1.29, 1.82) is 0 Å². The first-order valence-electron chi connectivity index (χ1n) is 7.46. The Hall–Kier alpha value is -1.49. The quantitative estimate of drug-likeness (QED) is 0.847. The van der Waals surface area contributed by atoms with Gasteiger partial charge in [0.05, 0.1) is 5.56 Å². The van der Waals surface area contributed by atoms with Crippen molar-refractivity contribution in [3.05, 3.63) is 35.4 Å². The second-order valence-electron chi connectivity index (χ2n) is 5.64. The van der Waals surface area contributed by atoms with E-state index >= 15 is 0 Å². The number of aliphatic hydroxyl groups is 1. The van der Waals surface area contributed by atoms with Crippen molar-refractivity contribution >= 4 is 5.91 Å². The zero-order valence-corrected chi connectivity index (χ0v) is 11.9. The minimum atomic E-state index is -1.37. The number of hydrogen-bond acceptors (Lipinski definition) is 2. The second-order valence-corrected chi connectivity index (χ2v) is 5.64. The summed E-state index contributed by atoms with van der Waals surface area (Å²) in [5.41, 5.74) is -0.395. The molecule has 1 unspecified atom stereocenters. The largest absolute Gasteiger partial charge is 0.386 e. The van der Waals surface area contributed by atoms with E-state index in [9.17, 15) is 18.7 Å². The number of nitrogens with one attached hydrogen (secondary N) is 1. The van der Waals surface area contributed by atoms with Gasteiger partial charge < -0.3 is 10.4 Å². The van der Waals surface area contributed by atoms with Crippen molar-refractivity contribution in [2.45, 2.75) is 44.6 Å². The number of carbonyl (C=O) groups excluding carboxylic acids is 1. The Morgan fingerprint density at radius 2 is 1.90 bits per heavy atom. The Morgan fingerprint density at radius 3 is 2.52 bits per heavy atom. The van der Waals surface area contributed by atoms with Gasteiger partial charge in [-0.05, 0) is 24.5 Å². The van der Waals surface area contributed by atoms with Crippen molar-refractivity contribution in [2.24, 2.45) is 5.92 Å². The van der Waals surface area contributed by atoms with E-state index in [4.69, 9.17) is 0 Å². The van der Waals surface area contributed by atoms with Crippen LogP contribution in [0.25, 0.3) is 0 Å². The number of halogens is 2. The van der Waals surface area contributed by atoms with E-state index in [-0.39, 0.29) is 12.5 Å². The zero-order chi connectivity index (χ0) is 15.2. The summed E-state index contributed by atoms with van der Waals surface area (Å²) >= 11 is 0. The van der Waals surface area contributed by atoms with E-state index in [1.165, 1.54) is 31.7 Å². The molecule has 2 N–H and O–H groups in total. The maximum Gasteiger partial charge on any atom is 0.220 e. The summed E-state index contributed by atoms with van der Waals surface area (Å²) in [6.07, 6.45) is 4.69. The van der Waals surface area contributed by atoms with E-state index in [0.29, 0.717) is 12.3 Å². The lowest BCUT2D eigenvalue weighted by Crippen LogP contribution is -2.29. The van der Waals surface area contributed by atoms with Crippen molar-refractivity contribution in [2.75, 3.05) is 6.54 Å². The number of hydrogen-bond donors (Lipinski definition) is 2. The van der Waals surface area contributed by atoms with Gasteiger partial charge in [-0.25, -0.2) is 8.78 Å². The van der Waals surface area contributed by atoms with E-state index in [2.05, 4.69) is 5.32 Å². The molecule has 5 heteroatoms. The Morgan fingerprint density at radius 1 is 1.29 bits per heavy atom. The van der Waals surface area contributed by atoms with Crippen molar-refractivity contribution in [3.63, 3.8) is 0 Å². The first-order valence-corrected chi connectivity index (χ1v) is 7.46. The molecule has 0 radical (unpaired) electrons. The van der Waals surface area contributed by atoms with Crippen LogP contribution in [0.15, 0.2) is 18.2 Å². The number of amides is 1. The smallest absolute Gasteiger partial charge is 0.220 e. The van der Waals surface area contributed by atoms with Crippen LogP contribution in [0.3, 0.4) is 0 Å². The highest BCUT2D eigenvalue weighted by atomic mass is 19.1. The lowest BCUT2D eigenvalue weighted by molar-refractivity contribution is -0.121. The molecule has 3 nitrogen and oxygen atoms in total. The maximum atomic E-state index is 13.5. The van der Waals surface area contributed by atoms with Crippen LogP contribution >= 0.6 is 0 Å². The van der Waals surface area contributed by atoms with Gasteiger partial charge >= 0.3 is 0 Å². The van der Waals surface area contributed by atoms with Crippen LogP contribution in [0.1, 0.15) is 50.2 Å². The van der Waals surface area contributed by atoms with Crippen LogP contribution in [0.5, 0.6) is 0 Å². The molecule has 0 aromatic heterocycles. The van der Waals surface area contributed by atoms with Crippen LogP contribution < -0.4 is 5.32 Å². The lowest BCUT2D eigenvalue weighted by Gasteiger charge is -2.14. The highest BCUT2D eigenvalue weighted by Gasteiger charge is 2.19. The predicted molar refractivity (Wildman–Crippen MR) is 75.5 cm³/mol. The van der Waals surface area contributed by atoms with Crippen molar-refractivity contribution in [1.82, 2.24) is 5.32 Å². The van der Waals surface area contributed by atoms with E-state index in [0.717, 1.165) is 18.6 Å². The summed E-state index contributed by atoms with van der Waals surface area (Å²) < 4.78 is 26.9. The van der Waals surface area contributed by atoms with E-state index in [1.807, 2.05) is 0 Å². The van der Waals surface area contributed by atoms with Crippen LogP contribution in [-0.2, 0) is 4.79 Å². The third-order valence-corrected chi connectivity index (χ3v) is 4.08. The number of carbonyl (C=O) groups is 1. The third kappa shape index (κ3) is 4.49. The van der Waals surface area contributed by atoms with Gasteiger partial charge in [-0.2, -0.15) is 0 Å². The standard InChI is InChI=1S/C16H21F2NO2/c17-12-6-3-7-13(18)16(12)14(20)10-19-15(21)9-8-11-4-1-2-5-11/h3,6-7,11,14,20H,1-2,4-5,8-10H2,(H,19,21). The topological polar surface area (TPSA) is 49.3 Å². The van der Waals surface area contributed by atoms with Crippen LogP contribution in [0.4, 0.5) is 8.78 Å². The van der Waals surface area contributed by atoms with Gasteiger partial charge in [-0.1, -0.05) is 31.7 Å². The molecule has 1 atom stereocenters. The molecule has 1 aromatic carbocycles. The highest BCUT2D eigenvalue weighted by Crippen LogP contribution is 2.28. The minimum Gasteiger partial charge on any atom is -0.386 e. The lowest BCUT2D eigenvalue weighted by atomic mass is 10.0. The summed E-state index contributed by atoms with van der Waals surface area (Å²) in [7, 11) is 0. The molecule has 1 amide bonds. The average Bonchev–Trinajstić information content (AvgIpc) is 2.96. The van der Waals surface area contributed by atoms with Gasteiger partial charge in [0.15, 0.2) is 0 Å². The monoisotopic (exact) mass is 297 g/mol. The Balaban J connectivity index is 1.77. The van der Waals surface area contributed by atoms with Crippen LogP contribution in [-0.4, -0.2) is 17.6 Å². The summed E-state index contributed by atoms with van der Waals surface area (Å²) in [5, 5.41) is 12.4. The molecule has 1 aromatic rings. The Labute approximate surface area is 123 Å².